The van der Waals surface area contributed by atoms with E-state index in [2.05, 4.69) is 20.9 Å². The molecule has 1 unspecified atom stereocenters. The van der Waals surface area contributed by atoms with E-state index >= 15 is 0 Å². The van der Waals surface area contributed by atoms with Crippen LogP contribution in [0.5, 0.6) is 0 Å². The zero-order valence-corrected chi connectivity index (χ0v) is 9.24. The van der Waals surface area contributed by atoms with Gasteiger partial charge in [0.15, 0.2) is 6.39 Å². The van der Waals surface area contributed by atoms with Gasteiger partial charge in [0.05, 0.1) is 6.20 Å². The van der Waals surface area contributed by atoms with Crippen molar-refractivity contribution in [3.05, 3.63) is 18.4 Å². The van der Waals surface area contributed by atoms with Crippen molar-refractivity contribution in [1.29, 1.82) is 0 Å². The van der Waals surface area contributed by atoms with Crippen molar-refractivity contribution >= 4 is 21.8 Å². The number of hydrogen-bond acceptors (Lipinski definition) is 3. The summed E-state index contributed by atoms with van der Waals surface area (Å²) in [6, 6.07) is 0. The van der Waals surface area contributed by atoms with Crippen LogP contribution < -0.4 is 0 Å². The molecule has 1 saturated heterocycles. The lowest BCUT2D eigenvalue weighted by molar-refractivity contribution is -0.127. The monoisotopic (exact) mass is 258 g/mol. The average Bonchev–Trinajstić information content (AvgIpc) is 2.72. The first-order chi connectivity index (χ1) is 6.75. The molecule has 2 rings (SSSR count). The third-order valence-electron chi connectivity index (χ3n) is 2.28. The smallest absolute Gasteiger partial charge is 0.223 e. The minimum absolute atomic E-state index is 0.214. The number of aromatic nitrogens is 1. The summed E-state index contributed by atoms with van der Waals surface area (Å²) < 4.78 is 5.09. The largest absolute Gasteiger partial charge is 0.448 e. The summed E-state index contributed by atoms with van der Waals surface area (Å²) in [5.74, 6) is 1.04. The van der Waals surface area contributed by atoms with Gasteiger partial charge in [0.2, 0.25) is 5.91 Å². The number of alkyl halides is 1. The number of likely N-dealkylation sites (tertiary alicyclic amines) is 1. The predicted molar refractivity (Wildman–Crippen MR) is 54.1 cm³/mol. The van der Waals surface area contributed by atoms with Crippen LogP contribution in [0.2, 0.25) is 0 Å². The van der Waals surface area contributed by atoms with Gasteiger partial charge in [0.1, 0.15) is 5.76 Å². The maximum atomic E-state index is 11.4. The fourth-order valence-electron chi connectivity index (χ4n) is 1.55. The van der Waals surface area contributed by atoms with Gasteiger partial charge < -0.3 is 9.32 Å². The average molecular weight is 259 g/mol. The molecule has 1 aromatic rings. The van der Waals surface area contributed by atoms with Gasteiger partial charge in [-0.2, -0.15) is 0 Å². The van der Waals surface area contributed by atoms with E-state index in [1.807, 2.05) is 4.90 Å². The summed E-state index contributed by atoms with van der Waals surface area (Å²) in [6.07, 6.45) is 4.45. The van der Waals surface area contributed by atoms with Crippen molar-refractivity contribution in [1.82, 2.24) is 9.88 Å². The maximum Gasteiger partial charge on any atom is 0.223 e. The maximum absolute atomic E-state index is 11.4. The number of hydrogen-bond donors (Lipinski definition) is 0. The fourth-order valence-corrected chi connectivity index (χ4v) is 2.18. The highest BCUT2D eigenvalue weighted by Crippen LogP contribution is 2.18. The first kappa shape index (κ1) is 9.71. The van der Waals surface area contributed by atoms with E-state index in [-0.39, 0.29) is 5.91 Å². The Hall–Kier alpha value is -0.840. The molecule has 2 heterocycles. The molecule has 1 aliphatic rings. The second-order valence-corrected chi connectivity index (χ2v) is 4.65. The van der Waals surface area contributed by atoms with Crippen LogP contribution in [0, 0.1) is 0 Å². The van der Waals surface area contributed by atoms with Crippen LogP contribution in [0.1, 0.15) is 12.2 Å². The van der Waals surface area contributed by atoms with Crippen LogP contribution >= 0.6 is 15.9 Å². The Labute approximate surface area is 90.4 Å². The number of carbonyl (C=O) groups excluding carboxylic acids is 1. The summed E-state index contributed by atoms with van der Waals surface area (Å²) in [7, 11) is 0. The number of halogens is 1. The lowest BCUT2D eigenvalue weighted by atomic mass is 10.3. The van der Waals surface area contributed by atoms with E-state index in [1.165, 1.54) is 6.39 Å². The Morgan fingerprint density at radius 3 is 3.14 bits per heavy atom. The Bertz CT molecular complexity index is 313. The highest BCUT2D eigenvalue weighted by molar-refractivity contribution is 9.09. The molecule has 1 aromatic heterocycles. The highest BCUT2D eigenvalue weighted by atomic mass is 79.9. The van der Waals surface area contributed by atoms with Crippen molar-refractivity contribution in [3.63, 3.8) is 0 Å². The number of nitrogens with zero attached hydrogens (tertiary/aromatic N) is 2. The molecule has 0 radical (unpaired) electrons. The van der Waals surface area contributed by atoms with Crippen molar-refractivity contribution in [2.24, 2.45) is 0 Å². The first-order valence-electron chi connectivity index (χ1n) is 4.55. The summed E-state index contributed by atoms with van der Waals surface area (Å²) in [6.45, 7) is 1.52. The van der Waals surface area contributed by atoms with Gasteiger partial charge in [-0.1, -0.05) is 15.9 Å². The quantitative estimate of drug-likeness (QED) is 0.766. The van der Waals surface area contributed by atoms with Gasteiger partial charge in [-0.25, -0.2) is 4.98 Å². The SMILES string of the molecule is O=C1CC(Br)CN1CCc1cnco1. The van der Waals surface area contributed by atoms with Crippen LogP contribution in [0.25, 0.3) is 0 Å². The molecule has 0 aliphatic carbocycles. The first-order valence-corrected chi connectivity index (χ1v) is 5.46. The lowest BCUT2D eigenvalue weighted by Gasteiger charge is -2.14. The van der Waals surface area contributed by atoms with E-state index in [9.17, 15) is 4.79 Å². The molecule has 0 bridgehead atoms. The van der Waals surface area contributed by atoms with Gasteiger partial charge in [0, 0.05) is 30.8 Å². The Balaban J connectivity index is 1.84. The van der Waals surface area contributed by atoms with Crippen LogP contribution in [0.4, 0.5) is 0 Å². The molecule has 1 fully saturated rings. The second-order valence-electron chi connectivity index (χ2n) is 3.36. The summed E-state index contributed by atoms with van der Waals surface area (Å²) in [4.78, 5) is 17.4. The molecule has 1 atom stereocenters. The van der Waals surface area contributed by atoms with Gasteiger partial charge in [-0.3, -0.25) is 4.79 Å². The molecular weight excluding hydrogens is 248 g/mol. The van der Waals surface area contributed by atoms with E-state index in [0.717, 1.165) is 25.3 Å². The zero-order chi connectivity index (χ0) is 9.97. The lowest BCUT2D eigenvalue weighted by Crippen LogP contribution is -2.27. The fraction of sp³-hybridized carbons (Fsp3) is 0.556. The van der Waals surface area contributed by atoms with Crippen molar-refractivity contribution in [2.75, 3.05) is 13.1 Å². The summed E-state index contributed by atoms with van der Waals surface area (Å²) in [5.41, 5.74) is 0. The molecule has 0 spiro atoms. The minimum Gasteiger partial charge on any atom is -0.448 e. The van der Waals surface area contributed by atoms with Crippen LogP contribution in [0.3, 0.4) is 0 Å². The molecule has 76 valence electrons. The Morgan fingerprint density at radius 1 is 1.71 bits per heavy atom. The summed E-state index contributed by atoms with van der Waals surface area (Å²) in [5, 5.41) is 0. The van der Waals surface area contributed by atoms with Crippen molar-refractivity contribution < 1.29 is 9.21 Å². The standard InChI is InChI=1S/C9H11BrN2O2/c10-7-3-9(13)12(5-7)2-1-8-4-11-6-14-8/h4,6-7H,1-3,5H2. The third-order valence-corrected chi connectivity index (χ3v) is 2.89. The van der Waals surface area contributed by atoms with Gasteiger partial charge in [-0.05, 0) is 0 Å². The Morgan fingerprint density at radius 2 is 2.57 bits per heavy atom. The summed E-state index contributed by atoms with van der Waals surface area (Å²) >= 11 is 3.44. The van der Waals surface area contributed by atoms with E-state index < -0.39 is 0 Å². The second kappa shape index (κ2) is 4.13. The molecule has 1 aliphatic heterocycles. The van der Waals surface area contributed by atoms with E-state index in [0.29, 0.717) is 11.2 Å². The molecule has 0 saturated carbocycles. The third kappa shape index (κ3) is 2.15. The van der Waals surface area contributed by atoms with Crippen LogP contribution in [0.15, 0.2) is 17.0 Å². The molecule has 4 nitrogen and oxygen atoms in total. The predicted octanol–water partition coefficient (Wildman–Crippen LogP) is 1.21. The van der Waals surface area contributed by atoms with Crippen molar-refractivity contribution in [3.8, 4) is 0 Å². The van der Waals surface area contributed by atoms with Gasteiger partial charge >= 0.3 is 0 Å². The number of amides is 1. The molecule has 1 amide bonds. The molecule has 0 N–H and O–H groups in total. The topological polar surface area (TPSA) is 46.3 Å². The van der Waals surface area contributed by atoms with Crippen LogP contribution in [-0.2, 0) is 11.2 Å². The Kier molecular flexibility index (Phi) is 2.86. The van der Waals surface area contributed by atoms with E-state index in [4.69, 9.17) is 4.42 Å². The van der Waals surface area contributed by atoms with Crippen molar-refractivity contribution in [2.45, 2.75) is 17.7 Å². The zero-order valence-electron chi connectivity index (χ0n) is 7.65. The molecule has 0 aromatic carbocycles. The van der Waals surface area contributed by atoms with Gasteiger partial charge in [-0.15, -0.1) is 0 Å². The molecule has 14 heavy (non-hydrogen) atoms. The number of rotatable bonds is 3. The van der Waals surface area contributed by atoms with E-state index in [1.54, 1.807) is 6.20 Å². The van der Waals surface area contributed by atoms with Crippen LogP contribution in [-0.4, -0.2) is 33.7 Å². The number of carbonyl (C=O) groups is 1. The number of oxazole rings is 1. The highest BCUT2D eigenvalue weighted by Gasteiger charge is 2.27. The normalized spacial score (nSPS) is 21.9. The molecule has 5 heteroatoms. The van der Waals surface area contributed by atoms with Gasteiger partial charge in [0.25, 0.3) is 0 Å². The molecular formula is C9H11BrN2O2. The minimum atomic E-state index is 0.214.